The van der Waals surface area contributed by atoms with Crippen LogP contribution in [0.2, 0.25) is 5.02 Å². The number of fused-ring (bicyclic) bond motifs is 1. The van der Waals surface area contributed by atoms with Crippen LogP contribution in [-0.4, -0.2) is 54.2 Å². The van der Waals surface area contributed by atoms with E-state index in [4.69, 9.17) is 11.6 Å². The summed E-state index contributed by atoms with van der Waals surface area (Å²) in [5.41, 5.74) is 2.99. The van der Waals surface area contributed by atoms with E-state index in [9.17, 15) is 14.7 Å². The smallest absolute Gasteiger partial charge is 0.270 e. The van der Waals surface area contributed by atoms with Gasteiger partial charge in [-0.2, -0.15) is 5.10 Å². The van der Waals surface area contributed by atoms with Crippen LogP contribution in [0.3, 0.4) is 0 Å². The maximum atomic E-state index is 13.1. The molecule has 0 radical (unpaired) electrons. The van der Waals surface area contributed by atoms with Crippen molar-refractivity contribution in [2.75, 3.05) is 6.54 Å². The van der Waals surface area contributed by atoms with Crippen LogP contribution in [0, 0.1) is 6.92 Å². The molecule has 0 aliphatic carbocycles. The monoisotopic (exact) mass is 454 g/mol. The third kappa shape index (κ3) is 4.09. The zero-order valence-electron chi connectivity index (χ0n) is 17.9. The largest absolute Gasteiger partial charge is 0.392 e. The molecule has 0 saturated heterocycles. The summed E-state index contributed by atoms with van der Waals surface area (Å²) in [7, 11) is 0. The second-order valence-corrected chi connectivity index (χ2v) is 8.30. The Balaban J connectivity index is 1.58. The van der Waals surface area contributed by atoms with Crippen molar-refractivity contribution in [1.29, 1.82) is 0 Å². The van der Waals surface area contributed by atoms with Gasteiger partial charge in [0.1, 0.15) is 5.69 Å². The summed E-state index contributed by atoms with van der Waals surface area (Å²) in [6.07, 6.45) is 5.72. The van der Waals surface area contributed by atoms with Crippen molar-refractivity contribution < 1.29 is 14.7 Å². The van der Waals surface area contributed by atoms with Gasteiger partial charge in [0.15, 0.2) is 5.82 Å². The van der Waals surface area contributed by atoms with Crippen LogP contribution in [0.25, 0.3) is 5.82 Å². The van der Waals surface area contributed by atoms with Crippen molar-refractivity contribution in [3.05, 3.63) is 69.9 Å². The van der Waals surface area contributed by atoms with Gasteiger partial charge in [-0.25, -0.2) is 9.67 Å². The SMILES string of the molecule is Cc1cc(C(C)N2Cc3c(ccnc3C(=O)NCC(C)O)C2=O)cnc1-n1cc(Cl)cn1. The van der Waals surface area contributed by atoms with Gasteiger partial charge in [-0.05, 0) is 44.0 Å². The second-order valence-electron chi connectivity index (χ2n) is 7.87. The molecular formula is C22H23ClN6O3. The van der Waals surface area contributed by atoms with Crippen molar-refractivity contribution in [2.24, 2.45) is 0 Å². The quantitative estimate of drug-likeness (QED) is 0.591. The molecule has 10 heteroatoms. The van der Waals surface area contributed by atoms with E-state index >= 15 is 0 Å². The van der Waals surface area contributed by atoms with Crippen molar-refractivity contribution in [2.45, 2.75) is 39.5 Å². The van der Waals surface area contributed by atoms with Crippen molar-refractivity contribution in [1.82, 2.24) is 30.0 Å². The van der Waals surface area contributed by atoms with E-state index in [1.807, 2.05) is 19.9 Å². The Bertz CT molecular complexity index is 1190. The minimum atomic E-state index is -0.676. The highest BCUT2D eigenvalue weighted by Gasteiger charge is 2.35. The highest BCUT2D eigenvalue weighted by Crippen LogP contribution is 2.32. The average molecular weight is 455 g/mol. The number of halogens is 1. The number of rotatable bonds is 6. The molecule has 4 rings (SSSR count). The number of amides is 2. The Kier molecular flexibility index (Phi) is 5.94. The number of hydrogen-bond acceptors (Lipinski definition) is 6. The number of carbonyl (C=O) groups is 2. The highest BCUT2D eigenvalue weighted by atomic mass is 35.5. The molecule has 0 spiro atoms. The normalized spacial score (nSPS) is 14.9. The molecule has 32 heavy (non-hydrogen) atoms. The molecule has 1 aliphatic heterocycles. The molecular weight excluding hydrogens is 432 g/mol. The highest BCUT2D eigenvalue weighted by molar-refractivity contribution is 6.30. The molecule has 3 aromatic rings. The van der Waals surface area contributed by atoms with Gasteiger partial charge in [-0.1, -0.05) is 11.6 Å². The van der Waals surface area contributed by atoms with Gasteiger partial charge >= 0.3 is 0 Å². The minimum absolute atomic E-state index is 0.108. The van der Waals surface area contributed by atoms with E-state index in [2.05, 4.69) is 20.4 Å². The number of aliphatic hydroxyl groups excluding tert-OH is 1. The van der Waals surface area contributed by atoms with Crippen LogP contribution in [0.1, 0.15) is 57.4 Å². The second kappa shape index (κ2) is 8.68. The molecule has 2 atom stereocenters. The summed E-state index contributed by atoms with van der Waals surface area (Å²) in [5.74, 6) is 0.0787. The maximum absolute atomic E-state index is 13.1. The van der Waals surface area contributed by atoms with Crippen LogP contribution < -0.4 is 5.32 Å². The summed E-state index contributed by atoms with van der Waals surface area (Å²) in [5, 5.41) is 16.8. The Morgan fingerprint density at radius 3 is 2.75 bits per heavy atom. The lowest BCUT2D eigenvalue weighted by atomic mass is 10.1. The number of nitrogens with zero attached hydrogens (tertiary/aromatic N) is 5. The van der Waals surface area contributed by atoms with E-state index in [1.165, 1.54) is 6.20 Å². The van der Waals surface area contributed by atoms with Gasteiger partial charge in [0.2, 0.25) is 0 Å². The molecule has 3 aromatic heterocycles. The predicted molar refractivity (Wildman–Crippen MR) is 118 cm³/mol. The van der Waals surface area contributed by atoms with Gasteiger partial charge < -0.3 is 15.3 Å². The number of hydrogen-bond donors (Lipinski definition) is 2. The van der Waals surface area contributed by atoms with Crippen molar-refractivity contribution in [3.63, 3.8) is 0 Å². The Hall–Kier alpha value is -3.30. The zero-order valence-corrected chi connectivity index (χ0v) is 18.7. The lowest BCUT2D eigenvalue weighted by molar-refractivity contribution is 0.0714. The molecule has 0 aromatic carbocycles. The first-order valence-electron chi connectivity index (χ1n) is 10.2. The summed E-state index contributed by atoms with van der Waals surface area (Å²) < 4.78 is 1.60. The van der Waals surface area contributed by atoms with Crippen molar-refractivity contribution in [3.8, 4) is 5.82 Å². The first-order chi connectivity index (χ1) is 15.3. The van der Waals surface area contributed by atoms with E-state index in [-0.39, 0.29) is 30.7 Å². The summed E-state index contributed by atoms with van der Waals surface area (Å²) in [6.45, 7) is 5.79. The van der Waals surface area contributed by atoms with E-state index in [0.717, 1.165) is 11.1 Å². The van der Waals surface area contributed by atoms with Gasteiger partial charge in [-0.3, -0.25) is 14.6 Å². The first-order valence-corrected chi connectivity index (χ1v) is 10.6. The maximum Gasteiger partial charge on any atom is 0.270 e. The van der Waals surface area contributed by atoms with Gasteiger partial charge in [-0.15, -0.1) is 0 Å². The molecule has 9 nitrogen and oxygen atoms in total. The molecule has 4 heterocycles. The van der Waals surface area contributed by atoms with Gasteiger partial charge in [0.05, 0.1) is 29.6 Å². The lowest BCUT2D eigenvalue weighted by Gasteiger charge is -2.25. The molecule has 0 saturated carbocycles. The van der Waals surface area contributed by atoms with E-state index in [1.54, 1.807) is 41.2 Å². The third-order valence-electron chi connectivity index (χ3n) is 5.44. The molecule has 2 amide bonds. The van der Waals surface area contributed by atoms with Crippen LogP contribution in [-0.2, 0) is 6.54 Å². The molecule has 0 fully saturated rings. The fraction of sp³-hybridized carbons (Fsp3) is 0.318. The van der Waals surface area contributed by atoms with Crippen molar-refractivity contribution >= 4 is 23.4 Å². The Morgan fingerprint density at radius 2 is 2.09 bits per heavy atom. The van der Waals surface area contributed by atoms with E-state index in [0.29, 0.717) is 22.0 Å². The number of aromatic nitrogens is 4. The molecule has 2 unspecified atom stereocenters. The van der Waals surface area contributed by atoms with Gasteiger partial charge in [0, 0.05) is 36.6 Å². The number of pyridine rings is 2. The Morgan fingerprint density at radius 1 is 1.31 bits per heavy atom. The first kappa shape index (κ1) is 21.9. The minimum Gasteiger partial charge on any atom is -0.392 e. The van der Waals surface area contributed by atoms with Crippen LogP contribution in [0.15, 0.2) is 36.9 Å². The average Bonchev–Trinajstić information content (AvgIpc) is 3.34. The molecule has 1 aliphatic rings. The summed E-state index contributed by atoms with van der Waals surface area (Å²) in [4.78, 5) is 36.0. The molecule has 0 bridgehead atoms. The van der Waals surface area contributed by atoms with Crippen LogP contribution >= 0.6 is 11.6 Å². The predicted octanol–water partition coefficient (Wildman–Crippen LogP) is 2.45. The molecule has 166 valence electrons. The molecule has 2 N–H and O–H groups in total. The topological polar surface area (TPSA) is 113 Å². The fourth-order valence-corrected chi connectivity index (χ4v) is 3.87. The lowest BCUT2D eigenvalue weighted by Crippen LogP contribution is -2.32. The standard InChI is InChI=1S/C22H23ClN6O3/c1-12-6-15(8-25-20(12)29-10-16(23)9-27-29)14(3)28-11-18-17(22(28)32)4-5-24-19(18)21(31)26-7-13(2)30/h4-6,8-10,13-14,30H,7,11H2,1-3H3,(H,26,31). The van der Waals surface area contributed by atoms with E-state index < -0.39 is 12.0 Å². The zero-order chi connectivity index (χ0) is 23.0. The van der Waals surface area contributed by atoms with Crippen LogP contribution in [0.4, 0.5) is 0 Å². The number of aryl methyl sites for hydroxylation is 1. The third-order valence-corrected chi connectivity index (χ3v) is 5.63. The summed E-state index contributed by atoms with van der Waals surface area (Å²) in [6, 6.07) is 3.32. The Labute approximate surface area is 190 Å². The fourth-order valence-electron chi connectivity index (χ4n) is 3.74. The van der Waals surface area contributed by atoms with Crippen LogP contribution in [0.5, 0.6) is 0 Å². The number of nitrogens with one attached hydrogen (secondary N) is 1. The summed E-state index contributed by atoms with van der Waals surface area (Å²) >= 11 is 5.96. The number of carbonyl (C=O) groups excluding carboxylic acids is 2. The van der Waals surface area contributed by atoms with Gasteiger partial charge in [0.25, 0.3) is 11.8 Å². The number of aliphatic hydroxyl groups is 1.